The average molecular weight is 462 g/mol. The fourth-order valence-electron chi connectivity index (χ4n) is 4.45. The summed E-state index contributed by atoms with van der Waals surface area (Å²) in [4.78, 5) is 28.6. The fourth-order valence-corrected chi connectivity index (χ4v) is 4.45. The maximum Gasteiger partial charge on any atom is 0.232 e. The summed E-state index contributed by atoms with van der Waals surface area (Å²) in [6, 6.07) is 16.1. The van der Waals surface area contributed by atoms with Gasteiger partial charge in [0, 0.05) is 50.9 Å². The lowest BCUT2D eigenvalue weighted by Gasteiger charge is -2.36. The molecule has 0 spiro atoms. The molecule has 5 rings (SSSR count). The van der Waals surface area contributed by atoms with Gasteiger partial charge in [0.1, 0.15) is 17.5 Å². The number of rotatable bonds is 6. The van der Waals surface area contributed by atoms with Gasteiger partial charge in [-0.2, -0.15) is 0 Å². The number of hydrogen-bond acceptors (Lipinski definition) is 6. The lowest BCUT2D eigenvalue weighted by Crippen LogP contribution is -2.47. The Bertz CT molecular complexity index is 1080. The first-order valence-corrected chi connectivity index (χ1v) is 11.7. The Morgan fingerprint density at radius 3 is 2.29 bits per heavy atom. The number of pyridine rings is 2. The molecule has 1 amide bonds. The predicted molar refractivity (Wildman–Crippen MR) is 129 cm³/mol. The zero-order valence-electron chi connectivity index (χ0n) is 19.0. The van der Waals surface area contributed by atoms with Crippen LogP contribution in [0.2, 0.25) is 0 Å². The van der Waals surface area contributed by atoms with Crippen LogP contribution in [-0.4, -0.2) is 55.3 Å². The number of anilines is 3. The van der Waals surface area contributed by atoms with Crippen molar-refractivity contribution in [3.05, 3.63) is 78.4 Å². The lowest BCUT2D eigenvalue weighted by atomic mass is 10.1. The van der Waals surface area contributed by atoms with E-state index in [1.165, 1.54) is 12.1 Å². The molecule has 1 atom stereocenters. The van der Waals surface area contributed by atoms with Crippen molar-refractivity contribution in [2.75, 3.05) is 54.1 Å². The van der Waals surface area contributed by atoms with Crippen LogP contribution < -0.4 is 14.7 Å². The molecule has 7 nitrogen and oxygen atoms in total. The third-order valence-corrected chi connectivity index (χ3v) is 6.41. The van der Waals surface area contributed by atoms with Gasteiger partial charge in [0.25, 0.3) is 0 Å². The zero-order valence-corrected chi connectivity index (χ0v) is 19.0. The number of amides is 1. The highest BCUT2D eigenvalue weighted by Crippen LogP contribution is 2.25. The average Bonchev–Trinajstić information content (AvgIpc) is 3.44. The second-order valence-electron chi connectivity index (χ2n) is 8.65. The topological polar surface area (TPSA) is 61.8 Å². The molecule has 176 valence electrons. The minimum Gasteiger partial charge on any atom is -0.381 e. The Labute approximate surface area is 198 Å². The Morgan fingerprint density at radius 1 is 0.971 bits per heavy atom. The summed E-state index contributed by atoms with van der Waals surface area (Å²) in [6.45, 7) is 4.90. The minimum absolute atomic E-state index is 0.00109. The number of ether oxygens (including phenoxy) is 1. The van der Waals surface area contributed by atoms with Gasteiger partial charge < -0.3 is 19.4 Å². The molecule has 34 heavy (non-hydrogen) atoms. The molecule has 0 radical (unpaired) electrons. The van der Waals surface area contributed by atoms with Crippen LogP contribution in [-0.2, 0) is 16.1 Å². The largest absolute Gasteiger partial charge is 0.381 e. The van der Waals surface area contributed by atoms with E-state index in [1.807, 2.05) is 42.7 Å². The summed E-state index contributed by atoms with van der Waals surface area (Å²) in [6.07, 6.45) is 4.36. The van der Waals surface area contributed by atoms with Crippen molar-refractivity contribution in [3.8, 4) is 0 Å². The third kappa shape index (κ3) is 5.02. The van der Waals surface area contributed by atoms with Crippen LogP contribution in [0.4, 0.5) is 21.7 Å². The van der Waals surface area contributed by atoms with Gasteiger partial charge in [0.05, 0.1) is 19.1 Å². The first-order chi connectivity index (χ1) is 16.7. The predicted octanol–water partition coefficient (Wildman–Crippen LogP) is 3.51. The van der Waals surface area contributed by atoms with E-state index in [9.17, 15) is 9.18 Å². The highest BCUT2D eigenvalue weighted by Gasteiger charge is 2.29. The maximum absolute atomic E-state index is 13.5. The van der Waals surface area contributed by atoms with Gasteiger partial charge >= 0.3 is 0 Å². The number of hydrogen-bond donors (Lipinski definition) is 0. The van der Waals surface area contributed by atoms with Gasteiger partial charge in [-0.3, -0.25) is 4.79 Å². The van der Waals surface area contributed by atoms with E-state index in [1.54, 1.807) is 17.0 Å². The Kier molecular flexibility index (Phi) is 6.67. The van der Waals surface area contributed by atoms with Gasteiger partial charge in [-0.05, 0) is 54.4 Å². The smallest absolute Gasteiger partial charge is 0.232 e. The van der Waals surface area contributed by atoms with Crippen LogP contribution in [0.25, 0.3) is 0 Å². The van der Waals surface area contributed by atoms with E-state index >= 15 is 0 Å². The van der Waals surface area contributed by atoms with Crippen LogP contribution in [0.3, 0.4) is 0 Å². The molecule has 0 bridgehead atoms. The second-order valence-corrected chi connectivity index (χ2v) is 8.65. The van der Waals surface area contributed by atoms with E-state index < -0.39 is 0 Å². The summed E-state index contributed by atoms with van der Waals surface area (Å²) >= 11 is 0. The normalized spacial score (nSPS) is 18.2. The molecule has 1 aromatic carbocycles. The van der Waals surface area contributed by atoms with Gasteiger partial charge in [0.2, 0.25) is 5.91 Å². The standard InChI is InChI=1S/C26H28FN5O2/c27-22-5-7-23(8-6-22)32(26(33)21-10-16-34-19-21)18-20-4-9-25(29-17-20)31-14-12-30(13-15-31)24-3-1-2-11-28-24/h1-9,11,17,21H,10,12-16,18-19H2. The molecule has 2 saturated heterocycles. The monoisotopic (exact) mass is 461 g/mol. The first-order valence-electron chi connectivity index (χ1n) is 11.7. The van der Waals surface area contributed by atoms with Crippen LogP contribution in [0.1, 0.15) is 12.0 Å². The van der Waals surface area contributed by atoms with Gasteiger partial charge in [-0.1, -0.05) is 12.1 Å². The second kappa shape index (κ2) is 10.2. The molecule has 0 saturated carbocycles. The number of piperazine rings is 1. The van der Waals surface area contributed by atoms with E-state index in [4.69, 9.17) is 4.74 Å². The molecule has 0 aliphatic carbocycles. The summed E-state index contributed by atoms with van der Waals surface area (Å²) in [7, 11) is 0. The SMILES string of the molecule is O=C(C1CCOC1)N(Cc1ccc(N2CCN(c3ccccn3)CC2)nc1)c1ccc(F)cc1. The third-order valence-electron chi connectivity index (χ3n) is 6.41. The molecule has 2 aromatic heterocycles. The molecule has 1 unspecified atom stereocenters. The molecule has 4 heterocycles. The minimum atomic E-state index is -0.325. The maximum atomic E-state index is 13.5. The van der Waals surface area contributed by atoms with Crippen LogP contribution in [0, 0.1) is 11.7 Å². The summed E-state index contributed by atoms with van der Waals surface area (Å²) in [5.41, 5.74) is 1.60. The van der Waals surface area contributed by atoms with E-state index in [0.29, 0.717) is 31.9 Å². The highest BCUT2D eigenvalue weighted by molar-refractivity contribution is 5.95. The zero-order chi connectivity index (χ0) is 23.3. The molecule has 2 fully saturated rings. The summed E-state index contributed by atoms with van der Waals surface area (Å²) in [5, 5.41) is 0. The fraction of sp³-hybridized carbons (Fsp3) is 0.346. The molecule has 3 aromatic rings. The molecule has 2 aliphatic heterocycles. The Morgan fingerprint density at radius 2 is 1.71 bits per heavy atom. The number of carbonyl (C=O) groups is 1. The van der Waals surface area contributed by atoms with Crippen molar-refractivity contribution in [2.45, 2.75) is 13.0 Å². The van der Waals surface area contributed by atoms with E-state index in [-0.39, 0.29) is 17.6 Å². The number of nitrogens with zero attached hydrogens (tertiary/aromatic N) is 5. The summed E-state index contributed by atoms with van der Waals surface area (Å²) in [5.74, 6) is 1.43. The van der Waals surface area contributed by atoms with Crippen LogP contribution >= 0.6 is 0 Å². The van der Waals surface area contributed by atoms with Gasteiger partial charge in [-0.25, -0.2) is 14.4 Å². The number of aromatic nitrogens is 2. The molecular formula is C26H28FN5O2. The van der Waals surface area contributed by atoms with Crippen molar-refractivity contribution >= 4 is 23.2 Å². The number of benzene rings is 1. The molecular weight excluding hydrogens is 433 g/mol. The van der Waals surface area contributed by atoms with Crippen molar-refractivity contribution in [1.29, 1.82) is 0 Å². The van der Waals surface area contributed by atoms with Crippen molar-refractivity contribution in [1.82, 2.24) is 9.97 Å². The highest BCUT2D eigenvalue weighted by atomic mass is 19.1. The Hall–Kier alpha value is -3.52. The number of carbonyl (C=O) groups excluding carboxylic acids is 1. The lowest BCUT2D eigenvalue weighted by molar-refractivity contribution is -0.122. The van der Waals surface area contributed by atoms with Crippen molar-refractivity contribution in [3.63, 3.8) is 0 Å². The van der Waals surface area contributed by atoms with Crippen molar-refractivity contribution in [2.24, 2.45) is 5.92 Å². The Balaban J connectivity index is 1.26. The number of halogens is 1. The van der Waals surface area contributed by atoms with Crippen LogP contribution in [0.15, 0.2) is 67.0 Å². The van der Waals surface area contributed by atoms with E-state index in [0.717, 1.165) is 43.4 Å². The first kappa shape index (κ1) is 22.3. The van der Waals surface area contributed by atoms with Gasteiger partial charge in [-0.15, -0.1) is 0 Å². The van der Waals surface area contributed by atoms with Gasteiger partial charge in [0.15, 0.2) is 0 Å². The molecule has 2 aliphatic rings. The molecule has 8 heteroatoms. The quantitative estimate of drug-likeness (QED) is 0.560. The van der Waals surface area contributed by atoms with E-state index in [2.05, 4.69) is 19.8 Å². The summed E-state index contributed by atoms with van der Waals surface area (Å²) < 4.78 is 18.9. The van der Waals surface area contributed by atoms with Crippen molar-refractivity contribution < 1.29 is 13.9 Å². The molecule has 0 N–H and O–H groups in total. The van der Waals surface area contributed by atoms with Crippen LogP contribution in [0.5, 0.6) is 0 Å².